The van der Waals surface area contributed by atoms with Crippen molar-refractivity contribution in [2.75, 3.05) is 47.7 Å². The quantitative estimate of drug-likeness (QED) is 0.460. The van der Waals surface area contributed by atoms with E-state index in [1.165, 1.54) is 18.2 Å². The molecular formula is C32H43N5O8S. The van der Waals surface area contributed by atoms with Crippen molar-refractivity contribution < 1.29 is 37.1 Å². The number of hydrogen-bond acceptors (Lipinski definition) is 10. The highest BCUT2D eigenvalue weighted by molar-refractivity contribution is 7.93. The van der Waals surface area contributed by atoms with Gasteiger partial charge in [0.15, 0.2) is 0 Å². The topological polar surface area (TPSA) is 147 Å². The molecule has 0 atom stereocenters. The van der Waals surface area contributed by atoms with E-state index in [0.717, 1.165) is 21.2 Å². The normalized spacial score (nSPS) is 16.7. The number of rotatable bonds is 4. The minimum absolute atomic E-state index is 0.0709. The lowest BCUT2D eigenvalue weighted by molar-refractivity contribution is 0.00383. The van der Waals surface area contributed by atoms with E-state index in [2.05, 4.69) is 9.88 Å². The van der Waals surface area contributed by atoms with Gasteiger partial charge in [-0.15, -0.1) is 4.90 Å². The number of ether oxygens (including phenoxy) is 2. The molecule has 0 N–H and O–H groups in total. The van der Waals surface area contributed by atoms with Crippen LogP contribution < -0.4 is 9.21 Å². The number of pyridine rings is 1. The summed E-state index contributed by atoms with van der Waals surface area (Å²) in [6.45, 7) is 15.2. The molecule has 4 rings (SSSR count). The van der Waals surface area contributed by atoms with E-state index in [1.54, 1.807) is 52.6 Å². The van der Waals surface area contributed by atoms with Crippen LogP contribution in [0, 0.1) is 13.8 Å². The summed E-state index contributed by atoms with van der Waals surface area (Å²) in [5.74, 6) is -0.933. The van der Waals surface area contributed by atoms with Crippen LogP contribution >= 0.6 is 0 Å². The number of sulfonamides is 1. The number of benzene rings is 1. The zero-order valence-electron chi connectivity index (χ0n) is 27.7. The van der Waals surface area contributed by atoms with Gasteiger partial charge in [-0.3, -0.25) is 13.9 Å². The van der Waals surface area contributed by atoms with Gasteiger partial charge < -0.3 is 19.3 Å². The molecule has 1 aromatic carbocycles. The Kier molecular flexibility index (Phi) is 9.72. The lowest BCUT2D eigenvalue weighted by atomic mass is 10.0. The average molecular weight is 658 g/mol. The molecule has 250 valence electrons. The smallest absolute Gasteiger partial charge is 0.427 e. The predicted octanol–water partition coefficient (Wildman–Crippen LogP) is 4.51. The number of piperazine rings is 1. The van der Waals surface area contributed by atoms with Crippen LogP contribution in [0.4, 0.5) is 21.1 Å². The zero-order valence-corrected chi connectivity index (χ0v) is 28.6. The van der Waals surface area contributed by atoms with Gasteiger partial charge in [-0.25, -0.2) is 23.0 Å². The first-order valence-corrected chi connectivity index (χ1v) is 16.8. The summed E-state index contributed by atoms with van der Waals surface area (Å²) in [6, 6.07) is 6.09. The molecule has 46 heavy (non-hydrogen) atoms. The lowest BCUT2D eigenvalue weighted by Gasteiger charge is -2.36. The van der Waals surface area contributed by atoms with Crippen LogP contribution in [0.5, 0.6) is 0 Å². The van der Waals surface area contributed by atoms with Gasteiger partial charge in [0.1, 0.15) is 17.0 Å². The second kappa shape index (κ2) is 12.9. The molecule has 2 aromatic rings. The molecule has 0 unspecified atom stereocenters. The van der Waals surface area contributed by atoms with Gasteiger partial charge in [0.25, 0.3) is 11.8 Å². The average Bonchev–Trinajstić information content (AvgIpc) is 3.29. The van der Waals surface area contributed by atoms with Crippen molar-refractivity contribution in [3.8, 4) is 0 Å². The molecule has 13 nitrogen and oxygen atoms in total. The van der Waals surface area contributed by atoms with Crippen LogP contribution in [-0.2, 0) is 19.5 Å². The molecule has 2 saturated heterocycles. The van der Waals surface area contributed by atoms with Crippen LogP contribution in [0.15, 0.2) is 30.5 Å². The first-order chi connectivity index (χ1) is 21.3. The Morgan fingerprint density at radius 3 is 1.91 bits per heavy atom. The Balaban J connectivity index is 1.73. The molecule has 0 bridgehead atoms. The standard InChI is InChI=1S/C32H43N5O8S/c1-21-18-22(2)26(33-20-21)34-13-15-35(16-14-34)27(38)24-11-10-23(36-12-9-17-46(36,42)43)19-25(24)28(39)37(29(40)44-31(3,4)5)30(41)45-32(6,7)8/h10-11,18-20H,9,12-17H2,1-8H3. The minimum atomic E-state index is -3.66. The summed E-state index contributed by atoms with van der Waals surface area (Å²) in [5.41, 5.74) is -0.386. The van der Waals surface area contributed by atoms with Crippen LogP contribution in [0.2, 0.25) is 0 Å². The van der Waals surface area contributed by atoms with E-state index in [4.69, 9.17) is 9.47 Å². The third-order valence-corrected chi connectivity index (χ3v) is 9.13. The molecule has 2 fully saturated rings. The van der Waals surface area contributed by atoms with Crippen molar-refractivity contribution in [2.45, 2.75) is 73.0 Å². The highest BCUT2D eigenvalue weighted by Gasteiger charge is 2.40. The predicted molar refractivity (Wildman–Crippen MR) is 173 cm³/mol. The van der Waals surface area contributed by atoms with Gasteiger partial charge >= 0.3 is 12.2 Å². The Hall–Kier alpha value is -4.20. The third-order valence-electron chi connectivity index (χ3n) is 7.26. The minimum Gasteiger partial charge on any atom is -0.443 e. The van der Waals surface area contributed by atoms with E-state index in [0.29, 0.717) is 32.6 Å². The summed E-state index contributed by atoms with van der Waals surface area (Å²) >= 11 is 0. The van der Waals surface area contributed by atoms with Crippen LogP contribution in [0.3, 0.4) is 0 Å². The summed E-state index contributed by atoms with van der Waals surface area (Å²) in [4.78, 5) is 63.3. The van der Waals surface area contributed by atoms with Gasteiger partial charge in [-0.05, 0) is 91.1 Å². The monoisotopic (exact) mass is 657 g/mol. The number of carbonyl (C=O) groups is 4. The van der Waals surface area contributed by atoms with E-state index in [1.807, 2.05) is 19.9 Å². The number of aryl methyl sites for hydroxylation is 2. The van der Waals surface area contributed by atoms with Crippen LogP contribution in [0.1, 0.15) is 79.8 Å². The maximum atomic E-state index is 14.2. The Bertz CT molecular complexity index is 1610. The fourth-order valence-corrected chi connectivity index (χ4v) is 6.84. The van der Waals surface area contributed by atoms with Crippen molar-refractivity contribution in [3.05, 3.63) is 52.7 Å². The fraction of sp³-hybridized carbons (Fsp3) is 0.531. The van der Waals surface area contributed by atoms with Crippen molar-refractivity contribution in [1.29, 1.82) is 0 Å². The number of hydrogen-bond donors (Lipinski definition) is 0. The van der Waals surface area contributed by atoms with Gasteiger partial charge in [0.05, 0.1) is 22.6 Å². The molecule has 0 aliphatic carbocycles. The summed E-state index contributed by atoms with van der Waals surface area (Å²) in [6.07, 6.45) is -0.410. The van der Waals surface area contributed by atoms with Gasteiger partial charge in [0, 0.05) is 38.9 Å². The van der Waals surface area contributed by atoms with Crippen LogP contribution in [-0.4, -0.2) is 96.9 Å². The number of imide groups is 3. The van der Waals surface area contributed by atoms with Gasteiger partial charge in [0.2, 0.25) is 10.0 Å². The Labute approximate surface area is 270 Å². The first-order valence-electron chi connectivity index (χ1n) is 15.2. The molecule has 0 radical (unpaired) electrons. The molecule has 0 saturated carbocycles. The summed E-state index contributed by atoms with van der Waals surface area (Å²) in [5, 5.41) is 0. The molecule has 0 spiro atoms. The molecule has 2 aliphatic heterocycles. The largest absolute Gasteiger partial charge is 0.443 e. The Morgan fingerprint density at radius 2 is 1.41 bits per heavy atom. The second-order valence-electron chi connectivity index (χ2n) is 13.5. The van der Waals surface area contributed by atoms with Gasteiger partial charge in [-0.2, -0.15) is 0 Å². The number of carbonyl (C=O) groups excluding carboxylic acids is 4. The van der Waals surface area contributed by atoms with Crippen LogP contribution in [0.25, 0.3) is 0 Å². The van der Waals surface area contributed by atoms with Crippen molar-refractivity contribution in [3.63, 3.8) is 0 Å². The highest BCUT2D eigenvalue weighted by atomic mass is 32.2. The van der Waals surface area contributed by atoms with Crippen molar-refractivity contribution in [2.24, 2.45) is 0 Å². The third kappa shape index (κ3) is 7.95. The van der Waals surface area contributed by atoms with E-state index < -0.39 is 45.2 Å². The molecule has 14 heteroatoms. The molecule has 3 heterocycles. The maximum Gasteiger partial charge on any atom is 0.427 e. The van der Waals surface area contributed by atoms with Crippen molar-refractivity contribution >= 4 is 45.5 Å². The molecule has 4 amide bonds. The zero-order chi connectivity index (χ0) is 34.2. The number of aromatic nitrogens is 1. The summed E-state index contributed by atoms with van der Waals surface area (Å²) < 4.78 is 37.4. The number of nitrogens with zero attached hydrogens (tertiary/aromatic N) is 5. The van der Waals surface area contributed by atoms with E-state index in [9.17, 15) is 27.6 Å². The number of amides is 4. The summed E-state index contributed by atoms with van der Waals surface area (Å²) in [7, 11) is -3.66. The van der Waals surface area contributed by atoms with E-state index in [-0.39, 0.29) is 34.0 Å². The Morgan fingerprint density at radius 1 is 0.826 bits per heavy atom. The van der Waals surface area contributed by atoms with E-state index >= 15 is 0 Å². The number of anilines is 2. The highest BCUT2D eigenvalue weighted by Crippen LogP contribution is 2.29. The fourth-order valence-electron chi connectivity index (χ4n) is 5.29. The SMILES string of the molecule is Cc1cnc(N2CCN(C(=O)c3ccc(N4CCCS4(=O)=O)cc3C(=O)N(C(=O)OC(C)(C)C)C(=O)OC(C)(C)C)CC2)c(C)c1. The molecule has 2 aliphatic rings. The lowest BCUT2D eigenvalue weighted by Crippen LogP contribution is -2.50. The molecular weight excluding hydrogens is 614 g/mol. The maximum absolute atomic E-state index is 14.2. The second-order valence-corrected chi connectivity index (χ2v) is 15.5. The van der Waals surface area contributed by atoms with Gasteiger partial charge in [-0.1, -0.05) is 6.07 Å². The first kappa shape index (κ1) is 34.7. The van der Waals surface area contributed by atoms with Crippen molar-refractivity contribution in [1.82, 2.24) is 14.8 Å². The molecule has 1 aromatic heterocycles.